The summed E-state index contributed by atoms with van der Waals surface area (Å²) in [5.41, 5.74) is 2.59. The van der Waals surface area contributed by atoms with Crippen molar-refractivity contribution in [3.8, 4) is 11.1 Å². The molecule has 0 fully saturated rings. The van der Waals surface area contributed by atoms with E-state index in [-0.39, 0.29) is 29.6 Å². The minimum Gasteiger partial charge on any atom is -0.145 e. The van der Waals surface area contributed by atoms with Crippen molar-refractivity contribution in [2.24, 2.45) is 0 Å². The Morgan fingerprint density at radius 2 is 1.44 bits per heavy atom. The molecule has 0 spiro atoms. The normalized spacial score (nSPS) is 10.0. The molecule has 3 aromatic carbocycles. The SMILES string of the molecule is [Na+].c1ccc(-c2cc3ccccc3[cH-]2)cc1. The van der Waals surface area contributed by atoms with Gasteiger partial charge in [0.05, 0.1) is 0 Å². The maximum atomic E-state index is 2.24. The van der Waals surface area contributed by atoms with Gasteiger partial charge in [0.15, 0.2) is 0 Å². The first-order valence-electron chi connectivity index (χ1n) is 5.14. The van der Waals surface area contributed by atoms with E-state index in [9.17, 15) is 0 Å². The summed E-state index contributed by atoms with van der Waals surface area (Å²) >= 11 is 0. The topological polar surface area (TPSA) is 0 Å². The van der Waals surface area contributed by atoms with Crippen molar-refractivity contribution in [3.05, 3.63) is 66.7 Å². The molecule has 16 heavy (non-hydrogen) atoms. The monoisotopic (exact) mass is 214 g/mol. The molecule has 0 N–H and O–H groups in total. The Kier molecular flexibility index (Phi) is 3.55. The van der Waals surface area contributed by atoms with Gasteiger partial charge in [-0.2, -0.15) is 0 Å². The average Bonchev–Trinajstić information content (AvgIpc) is 2.74. The van der Waals surface area contributed by atoms with Crippen LogP contribution in [0.2, 0.25) is 0 Å². The van der Waals surface area contributed by atoms with Gasteiger partial charge < -0.3 is 0 Å². The molecule has 72 valence electrons. The first-order valence-corrected chi connectivity index (χ1v) is 5.14. The summed E-state index contributed by atoms with van der Waals surface area (Å²) in [4.78, 5) is 0. The molecule has 0 bridgehead atoms. The smallest absolute Gasteiger partial charge is 0.145 e. The number of hydrogen-bond donors (Lipinski definition) is 0. The molecule has 3 rings (SSSR count). The molecule has 0 aliphatic carbocycles. The number of rotatable bonds is 1. The van der Waals surface area contributed by atoms with E-state index in [0.717, 1.165) is 0 Å². The van der Waals surface area contributed by atoms with Crippen LogP contribution in [0.5, 0.6) is 0 Å². The zero-order valence-electron chi connectivity index (χ0n) is 9.35. The molecule has 0 nitrogen and oxygen atoms in total. The average molecular weight is 214 g/mol. The second-order valence-electron chi connectivity index (χ2n) is 3.74. The molecular weight excluding hydrogens is 203 g/mol. The first kappa shape index (κ1) is 11.5. The molecule has 0 saturated heterocycles. The van der Waals surface area contributed by atoms with Gasteiger partial charge in [-0.15, -0.1) is 34.5 Å². The second kappa shape index (κ2) is 4.92. The zero-order valence-corrected chi connectivity index (χ0v) is 11.4. The summed E-state index contributed by atoms with van der Waals surface area (Å²) in [6.45, 7) is 0. The van der Waals surface area contributed by atoms with Crippen molar-refractivity contribution in [1.82, 2.24) is 0 Å². The quantitative estimate of drug-likeness (QED) is 0.422. The molecule has 0 unspecified atom stereocenters. The standard InChI is InChI=1S/C15H11.Na/c1-2-6-12(7-3-1)15-10-13-8-4-5-9-14(13)11-15;/h1-11H;/q-1;+1. The van der Waals surface area contributed by atoms with Crippen molar-refractivity contribution in [2.75, 3.05) is 0 Å². The van der Waals surface area contributed by atoms with Crippen molar-refractivity contribution in [3.63, 3.8) is 0 Å². The summed E-state index contributed by atoms with van der Waals surface area (Å²) < 4.78 is 0. The van der Waals surface area contributed by atoms with Crippen LogP contribution in [-0.2, 0) is 0 Å². The Balaban J connectivity index is 0.000000963. The van der Waals surface area contributed by atoms with Crippen molar-refractivity contribution >= 4 is 10.8 Å². The Morgan fingerprint density at radius 1 is 0.750 bits per heavy atom. The number of benzene rings is 2. The molecule has 0 heterocycles. The van der Waals surface area contributed by atoms with Gasteiger partial charge in [-0.3, -0.25) is 0 Å². The van der Waals surface area contributed by atoms with E-state index in [4.69, 9.17) is 0 Å². The molecule has 0 aliphatic rings. The molecule has 3 aromatic rings. The molecule has 0 saturated carbocycles. The predicted molar refractivity (Wildman–Crippen MR) is 65.0 cm³/mol. The van der Waals surface area contributed by atoms with E-state index >= 15 is 0 Å². The predicted octanol–water partition coefficient (Wildman–Crippen LogP) is 1.23. The van der Waals surface area contributed by atoms with Crippen molar-refractivity contribution < 1.29 is 29.6 Å². The van der Waals surface area contributed by atoms with Gasteiger partial charge in [0.1, 0.15) is 0 Å². The summed E-state index contributed by atoms with van der Waals surface area (Å²) in [6.07, 6.45) is 0. The van der Waals surface area contributed by atoms with Crippen LogP contribution in [0.25, 0.3) is 21.9 Å². The van der Waals surface area contributed by atoms with Gasteiger partial charge in [0.25, 0.3) is 0 Å². The molecule has 0 aromatic heterocycles. The van der Waals surface area contributed by atoms with Gasteiger partial charge in [0.2, 0.25) is 0 Å². The van der Waals surface area contributed by atoms with E-state index in [0.29, 0.717) is 0 Å². The number of fused-ring (bicyclic) bond motifs is 1. The third-order valence-electron chi connectivity index (χ3n) is 2.73. The Bertz CT molecular complexity index is 545. The third-order valence-corrected chi connectivity index (χ3v) is 2.73. The fourth-order valence-corrected chi connectivity index (χ4v) is 1.95. The summed E-state index contributed by atoms with van der Waals surface area (Å²) in [7, 11) is 0. The fraction of sp³-hybridized carbons (Fsp3) is 0. The van der Waals surface area contributed by atoms with Gasteiger partial charge in [-0.05, 0) is 0 Å². The number of hydrogen-bond acceptors (Lipinski definition) is 0. The Labute approximate surface area is 118 Å². The van der Waals surface area contributed by atoms with Crippen LogP contribution >= 0.6 is 0 Å². The van der Waals surface area contributed by atoms with Crippen LogP contribution in [0, 0.1) is 0 Å². The van der Waals surface area contributed by atoms with E-state index in [1.165, 1.54) is 21.9 Å². The minimum atomic E-state index is 0. The molecule has 0 aliphatic heterocycles. The maximum Gasteiger partial charge on any atom is 1.00 e. The minimum absolute atomic E-state index is 0. The molecule has 0 amide bonds. The van der Waals surface area contributed by atoms with Gasteiger partial charge in [0, 0.05) is 0 Å². The maximum absolute atomic E-state index is 2.24. The Hall–Kier alpha value is -0.950. The summed E-state index contributed by atoms with van der Waals surface area (Å²) in [5.74, 6) is 0. The van der Waals surface area contributed by atoms with E-state index in [1.54, 1.807) is 0 Å². The second-order valence-corrected chi connectivity index (χ2v) is 3.74. The molecule has 0 radical (unpaired) electrons. The Morgan fingerprint density at radius 3 is 2.19 bits per heavy atom. The van der Waals surface area contributed by atoms with Gasteiger partial charge >= 0.3 is 29.6 Å². The van der Waals surface area contributed by atoms with Crippen LogP contribution in [-0.4, -0.2) is 0 Å². The fourth-order valence-electron chi connectivity index (χ4n) is 1.95. The van der Waals surface area contributed by atoms with Gasteiger partial charge in [-0.1, -0.05) is 54.1 Å². The van der Waals surface area contributed by atoms with Crippen LogP contribution in [0.1, 0.15) is 0 Å². The zero-order chi connectivity index (χ0) is 10.1. The first-order chi connectivity index (χ1) is 7.43. The molecular formula is C15H11Na. The van der Waals surface area contributed by atoms with Gasteiger partial charge in [-0.25, -0.2) is 0 Å². The van der Waals surface area contributed by atoms with Crippen LogP contribution < -0.4 is 29.6 Å². The summed E-state index contributed by atoms with van der Waals surface area (Å²) in [6, 6.07) is 23.4. The van der Waals surface area contributed by atoms with Crippen molar-refractivity contribution in [1.29, 1.82) is 0 Å². The van der Waals surface area contributed by atoms with E-state index in [2.05, 4.69) is 60.7 Å². The molecule has 1 heteroatoms. The van der Waals surface area contributed by atoms with E-state index < -0.39 is 0 Å². The van der Waals surface area contributed by atoms with Crippen LogP contribution in [0.15, 0.2) is 66.7 Å². The molecule has 0 atom stereocenters. The van der Waals surface area contributed by atoms with E-state index in [1.807, 2.05) is 6.07 Å². The van der Waals surface area contributed by atoms with Crippen LogP contribution in [0.3, 0.4) is 0 Å². The van der Waals surface area contributed by atoms with Crippen LogP contribution in [0.4, 0.5) is 0 Å². The summed E-state index contributed by atoms with van der Waals surface area (Å²) in [5, 5.41) is 2.63. The van der Waals surface area contributed by atoms with Crippen molar-refractivity contribution in [2.45, 2.75) is 0 Å². The third kappa shape index (κ3) is 2.10. The largest absolute Gasteiger partial charge is 1.00 e.